The third-order valence-corrected chi connectivity index (χ3v) is 4.95. The Kier molecular flexibility index (Phi) is 5.29. The molecule has 1 heterocycles. The summed E-state index contributed by atoms with van der Waals surface area (Å²) in [6.07, 6.45) is 6.73. The van der Waals surface area contributed by atoms with Gasteiger partial charge in [-0.05, 0) is 51.0 Å². The maximum atomic E-state index is 12.3. The zero-order chi connectivity index (χ0) is 14.5. The van der Waals surface area contributed by atoms with Crippen molar-refractivity contribution in [2.24, 2.45) is 0 Å². The number of carbonyl (C=O) groups is 1. The number of hydrogen-bond donors (Lipinski definition) is 2. The lowest BCUT2D eigenvalue weighted by atomic mass is 9.94. The molecule has 1 aliphatic carbocycles. The molecular weight excluding hydrogens is 270 g/mol. The lowest BCUT2D eigenvalue weighted by molar-refractivity contribution is 0.0928. The molecule has 1 saturated carbocycles. The molecule has 2 rings (SSSR count). The normalized spacial score (nSPS) is 22.4. The van der Waals surface area contributed by atoms with E-state index in [2.05, 4.69) is 21.9 Å². The van der Waals surface area contributed by atoms with Gasteiger partial charge < -0.3 is 10.6 Å². The molecule has 1 aromatic heterocycles. The van der Waals surface area contributed by atoms with Crippen LogP contribution in [0.25, 0.3) is 0 Å². The van der Waals surface area contributed by atoms with Gasteiger partial charge in [0, 0.05) is 29.6 Å². The Morgan fingerprint density at radius 3 is 2.60 bits per heavy atom. The van der Waals surface area contributed by atoms with Crippen molar-refractivity contribution >= 4 is 23.5 Å². The molecule has 0 aliphatic heterocycles. The van der Waals surface area contributed by atoms with Crippen LogP contribution in [0, 0.1) is 6.92 Å². The van der Waals surface area contributed by atoms with Gasteiger partial charge in [-0.1, -0.05) is 0 Å². The third-order valence-electron chi connectivity index (χ3n) is 3.81. The highest BCUT2D eigenvalue weighted by atomic mass is 32.2. The monoisotopic (exact) mass is 293 g/mol. The zero-order valence-electron chi connectivity index (χ0n) is 12.4. The molecule has 5 heteroatoms. The molecular formula is C15H23N3OS. The number of nitrogens with zero attached hydrogens (tertiary/aromatic N) is 1. The molecule has 0 aromatic carbocycles. The molecule has 0 unspecified atom stereocenters. The number of amides is 1. The van der Waals surface area contributed by atoms with Gasteiger partial charge in [0.25, 0.3) is 5.91 Å². The van der Waals surface area contributed by atoms with Gasteiger partial charge in [0.05, 0.1) is 0 Å². The first kappa shape index (κ1) is 15.2. The molecule has 0 atom stereocenters. The quantitative estimate of drug-likeness (QED) is 0.896. The van der Waals surface area contributed by atoms with Gasteiger partial charge in [0.15, 0.2) is 0 Å². The van der Waals surface area contributed by atoms with E-state index in [4.69, 9.17) is 0 Å². The number of nitrogens with one attached hydrogen (secondary N) is 2. The van der Waals surface area contributed by atoms with Crippen LogP contribution in [0.3, 0.4) is 0 Å². The third kappa shape index (κ3) is 3.88. The van der Waals surface area contributed by atoms with E-state index < -0.39 is 0 Å². The first-order valence-electron chi connectivity index (χ1n) is 7.12. The smallest absolute Gasteiger partial charge is 0.251 e. The van der Waals surface area contributed by atoms with Gasteiger partial charge in [0.2, 0.25) is 0 Å². The summed E-state index contributed by atoms with van der Waals surface area (Å²) in [5.74, 6) is 0.751. The fourth-order valence-electron chi connectivity index (χ4n) is 2.64. The average molecular weight is 293 g/mol. The van der Waals surface area contributed by atoms with Crippen LogP contribution in [0.15, 0.2) is 12.1 Å². The maximum absolute atomic E-state index is 12.3. The Bertz CT molecular complexity index is 470. The molecule has 1 fully saturated rings. The topological polar surface area (TPSA) is 54.0 Å². The van der Waals surface area contributed by atoms with Crippen molar-refractivity contribution in [2.75, 3.05) is 18.6 Å². The molecule has 1 amide bonds. The Labute approximate surface area is 125 Å². The van der Waals surface area contributed by atoms with Crippen LogP contribution in [0.4, 0.5) is 5.82 Å². The first-order valence-corrected chi connectivity index (χ1v) is 8.41. The van der Waals surface area contributed by atoms with E-state index in [0.717, 1.165) is 29.6 Å². The number of rotatable bonds is 4. The van der Waals surface area contributed by atoms with Gasteiger partial charge in [0.1, 0.15) is 5.82 Å². The molecule has 0 spiro atoms. The summed E-state index contributed by atoms with van der Waals surface area (Å²) >= 11 is 1.94. The van der Waals surface area contributed by atoms with Gasteiger partial charge >= 0.3 is 0 Å². The maximum Gasteiger partial charge on any atom is 0.251 e. The van der Waals surface area contributed by atoms with Crippen LogP contribution >= 0.6 is 11.8 Å². The van der Waals surface area contributed by atoms with Gasteiger partial charge in [-0.25, -0.2) is 4.98 Å². The largest absolute Gasteiger partial charge is 0.373 e. The predicted molar refractivity (Wildman–Crippen MR) is 85.5 cm³/mol. The number of anilines is 1. The van der Waals surface area contributed by atoms with Crippen LogP contribution in [0.1, 0.15) is 41.7 Å². The van der Waals surface area contributed by atoms with Crippen molar-refractivity contribution in [1.82, 2.24) is 10.3 Å². The Balaban J connectivity index is 1.97. The summed E-state index contributed by atoms with van der Waals surface area (Å²) in [5.41, 5.74) is 1.54. The van der Waals surface area contributed by atoms with Crippen LogP contribution in [0.2, 0.25) is 0 Å². The minimum atomic E-state index is 0.0135. The highest BCUT2D eigenvalue weighted by Gasteiger charge is 2.22. The summed E-state index contributed by atoms with van der Waals surface area (Å²) in [5, 5.41) is 6.91. The van der Waals surface area contributed by atoms with E-state index in [0.29, 0.717) is 11.6 Å². The van der Waals surface area contributed by atoms with E-state index in [1.165, 1.54) is 12.8 Å². The minimum Gasteiger partial charge on any atom is -0.373 e. The Hall–Kier alpha value is -1.23. The number of pyridine rings is 1. The summed E-state index contributed by atoms with van der Waals surface area (Å²) in [6.45, 7) is 1.90. The average Bonchev–Trinajstić information content (AvgIpc) is 2.47. The van der Waals surface area contributed by atoms with Crippen molar-refractivity contribution in [3.8, 4) is 0 Å². The fourth-order valence-corrected chi connectivity index (χ4v) is 3.38. The molecule has 4 nitrogen and oxygen atoms in total. The molecule has 1 aliphatic rings. The van der Waals surface area contributed by atoms with Crippen molar-refractivity contribution < 1.29 is 4.79 Å². The second-order valence-electron chi connectivity index (χ2n) is 5.32. The number of aryl methyl sites for hydroxylation is 1. The van der Waals surface area contributed by atoms with E-state index in [1.54, 1.807) is 6.07 Å². The van der Waals surface area contributed by atoms with E-state index >= 15 is 0 Å². The standard InChI is InChI=1S/C15H23N3OS/c1-10-8-11(9-14(16-2)17-10)15(19)18-12-4-6-13(20-3)7-5-12/h8-9,12-13H,4-7H2,1-3H3,(H,16,17)(H,18,19). The SMILES string of the molecule is CNc1cc(C(=O)NC2CCC(SC)CC2)cc(C)n1. The summed E-state index contributed by atoms with van der Waals surface area (Å²) in [7, 11) is 1.81. The van der Waals surface area contributed by atoms with E-state index in [9.17, 15) is 4.79 Å². The van der Waals surface area contributed by atoms with Gasteiger partial charge in [-0.2, -0.15) is 11.8 Å². The number of carbonyl (C=O) groups excluding carboxylic acids is 1. The van der Waals surface area contributed by atoms with Crippen molar-refractivity contribution in [3.05, 3.63) is 23.4 Å². The van der Waals surface area contributed by atoms with Crippen molar-refractivity contribution in [2.45, 2.75) is 43.9 Å². The second-order valence-corrected chi connectivity index (χ2v) is 6.45. The molecule has 0 saturated heterocycles. The summed E-state index contributed by atoms with van der Waals surface area (Å²) < 4.78 is 0. The van der Waals surface area contributed by atoms with Crippen LogP contribution in [-0.2, 0) is 0 Å². The molecule has 20 heavy (non-hydrogen) atoms. The summed E-state index contributed by atoms with van der Waals surface area (Å²) in [4.78, 5) is 16.6. The molecule has 2 N–H and O–H groups in total. The van der Waals surface area contributed by atoms with Crippen molar-refractivity contribution in [1.29, 1.82) is 0 Å². The van der Waals surface area contributed by atoms with Crippen LogP contribution in [0.5, 0.6) is 0 Å². The molecule has 1 aromatic rings. The molecule has 0 bridgehead atoms. The lowest BCUT2D eigenvalue weighted by Crippen LogP contribution is -2.38. The van der Waals surface area contributed by atoms with E-state index in [1.807, 2.05) is 31.8 Å². The predicted octanol–water partition coefficient (Wildman–Crippen LogP) is 2.84. The fraction of sp³-hybridized carbons (Fsp3) is 0.600. The number of aromatic nitrogens is 1. The molecule has 110 valence electrons. The minimum absolute atomic E-state index is 0.0135. The Morgan fingerprint density at radius 1 is 1.30 bits per heavy atom. The number of hydrogen-bond acceptors (Lipinski definition) is 4. The van der Waals surface area contributed by atoms with Gasteiger partial charge in [-0.15, -0.1) is 0 Å². The highest BCUT2D eigenvalue weighted by Crippen LogP contribution is 2.27. The van der Waals surface area contributed by atoms with E-state index in [-0.39, 0.29) is 5.91 Å². The molecule has 0 radical (unpaired) electrons. The lowest BCUT2D eigenvalue weighted by Gasteiger charge is -2.28. The second kappa shape index (κ2) is 6.97. The van der Waals surface area contributed by atoms with Gasteiger partial charge in [-0.3, -0.25) is 4.79 Å². The zero-order valence-corrected chi connectivity index (χ0v) is 13.2. The van der Waals surface area contributed by atoms with Crippen molar-refractivity contribution in [3.63, 3.8) is 0 Å². The number of thioether (sulfide) groups is 1. The first-order chi connectivity index (χ1) is 9.62. The van der Waals surface area contributed by atoms with Crippen LogP contribution in [-0.4, -0.2) is 35.5 Å². The highest BCUT2D eigenvalue weighted by molar-refractivity contribution is 7.99. The Morgan fingerprint density at radius 2 is 2.00 bits per heavy atom. The van der Waals surface area contributed by atoms with Crippen LogP contribution < -0.4 is 10.6 Å². The summed E-state index contributed by atoms with van der Waals surface area (Å²) in [6, 6.07) is 3.96.